The number of aryl methyl sites for hydroxylation is 1. The highest BCUT2D eigenvalue weighted by Crippen LogP contribution is 2.34. The van der Waals surface area contributed by atoms with Crippen molar-refractivity contribution < 1.29 is 22.7 Å². The Morgan fingerprint density at radius 3 is 2.05 bits per heavy atom. The first-order chi connectivity index (χ1) is 18.3. The van der Waals surface area contributed by atoms with Crippen molar-refractivity contribution in [3.8, 4) is 11.5 Å². The lowest BCUT2D eigenvalue weighted by Gasteiger charge is -2.27. The molecule has 1 N–H and O–H groups in total. The molecule has 38 heavy (non-hydrogen) atoms. The Labute approximate surface area is 223 Å². The summed E-state index contributed by atoms with van der Waals surface area (Å²) in [7, 11) is -1.12. The number of nitrogens with one attached hydrogen (secondary N) is 1. The number of amides is 1. The topological polar surface area (TPSA) is 84.9 Å². The molecule has 1 unspecified atom stereocenters. The van der Waals surface area contributed by atoms with Crippen LogP contribution in [0.3, 0.4) is 0 Å². The first-order valence-corrected chi connectivity index (χ1v) is 13.5. The normalized spacial score (nSPS) is 11.9. The van der Waals surface area contributed by atoms with E-state index in [4.69, 9.17) is 9.47 Å². The maximum absolute atomic E-state index is 13.8. The molecule has 0 fully saturated rings. The molecule has 0 aliphatic rings. The van der Waals surface area contributed by atoms with E-state index in [-0.39, 0.29) is 10.6 Å². The standard InChI is InChI=1S/C30H30N2O5S/c1-22-11-10-14-24(19-22)30(23-12-6-4-7-13-23)31-29(33)21-32(38(34,35)26-15-8-5-9-16-26)25-17-18-27(36-2)28(20-25)37-3/h4-20,30H,21H2,1-3H3,(H,31,33). The zero-order chi connectivity index (χ0) is 27.1. The van der Waals surface area contributed by atoms with Gasteiger partial charge in [0.2, 0.25) is 5.91 Å². The van der Waals surface area contributed by atoms with Crippen molar-refractivity contribution in [1.29, 1.82) is 0 Å². The fourth-order valence-electron chi connectivity index (χ4n) is 4.21. The van der Waals surface area contributed by atoms with Gasteiger partial charge >= 0.3 is 0 Å². The molecule has 0 aliphatic heterocycles. The van der Waals surface area contributed by atoms with E-state index in [1.165, 1.54) is 26.4 Å². The molecule has 0 saturated carbocycles. The zero-order valence-electron chi connectivity index (χ0n) is 21.5. The van der Waals surface area contributed by atoms with Crippen LogP contribution in [-0.4, -0.2) is 35.1 Å². The van der Waals surface area contributed by atoms with Crippen LogP contribution in [0.25, 0.3) is 0 Å². The summed E-state index contributed by atoms with van der Waals surface area (Å²) in [5.41, 5.74) is 3.10. The number of carbonyl (C=O) groups excluding carboxylic acids is 1. The molecule has 0 aliphatic carbocycles. The minimum Gasteiger partial charge on any atom is -0.493 e. The van der Waals surface area contributed by atoms with Gasteiger partial charge in [0.15, 0.2) is 11.5 Å². The van der Waals surface area contributed by atoms with Crippen molar-refractivity contribution in [3.05, 3.63) is 120 Å². The first-order valence-electron chi connectivity index (χ1n) is 12.0. The minimum atomic E-state index is -4.09. The number of sulfonamides is 1. The van der Waals surface area contributed by atoms with E-state index >= 15 is 0 Å². The maximum atomic E-state index is 13.8. The zero-order valence-corrected chi connectivity index (χ0v) is 22.3. The van der Waals surface area contributed by atoms with Gasteiger partial charge in [0.1, 0.15) is 6.54 Å². The summed E-state index contributed by atoms with van der Waals surface area (Å²) in [5, 5.41) is 3.05. The molecule has 7 nitrogen and oxygen atoms in total. The summed E-state index contributed by atoms with van der Waals surface area (Å²) in [4.78, 5) is 13.6. The van der Waals surface area contributed by atoms with E-state index in [2.05, 4.69) is 5.32 Å². The van der Waals surface area contributed by atoms with Gasteiger partial charge in [-0.25, -0.2) is 8.42 Å². The molecular formula is C30H30N2O5S. The van der Waals surface area contributed by atoms with Crippen LogP contribution < -0.4 is 19.1 Å². The molecule has 4 aromatic rings. The molecule has 0 heterocycles. The largest absolute Gasteiger partial charge is 0.493 e. The minimum absolute atomic E-state index is 0.0703. The van der Waals surface area contributed by atoms with Gasteiger partial charge in [0, 0.05) is 6.07 Å². The van der Waals surface area contributed by atoms with Crippen molar-refractivity contribution in [1.82, 2.24) is 5.32 Å². The van der Waals surface area contributed by atoms with Gasteiger partial charge in [-0.2, -0.15) is 0 Å². The monoisotopic (exact) mass is 530 g/mol. The number of rotatable bonds is 10. The molecule has 4 aromatic carbocycles. The number of carbonyl (C=O) groups is 1. The third kappa shape index (κ3) is 5.98. The van der Waals surface area contributed by atoms with Gasteiger partial charge in [0.25, 0.3) is 10.0 Å². The summed E-state index contributed by atoms with van der Waals surface area (Å²) < 4.78 is 39.3. The smallest absolute Gasteiger partial charge is 0.264 e. The number of anilines is 1. The average Bonchev–Trinajstić information content (AvgIpc) is 2.95. The summed E-state index contributed by atoms with van der Waals surface area (Å²) in [6.45, 7) is 1.54. The predicted octanol–water partition coefficient (Wildman–Crippen LogP) is 5.11. The van der Waals surface area contributed by atoms with Gasteiger partial charge < -0.3 is 14.8 Å². The SMILES string of the molecule is COc1ccc(N(CC(=O)NC(c2ccccc2)c2cccc(C)c2)S(=O)(=O)c2ccccc2)cc1OC. The van der Waals surface area contributed by atoms with Crippen LogP contribution in [0.2, 0.25) is 0 Å². The lowest BCUT2D eigenvalue weighted by Crippen LogP contribution is -2.42. The number of benzene rings is 4. The van der Waals surface area contributed by atoms with Crippen LogP contribution in [0.1, 0.15) is 22.7 Å². The lowest BCUT2D eigenvalue weighted by atomic mass is 9.97. The Morgan fingerprint density at radius 2 is 1.42 bits per heavy atom. The highest BCUT2D eigenvalue weighted by molar-refractivity contribution is 7.92. The van der Waals surface area contributed by atoms with E-state index in [0.717, 1.165) is 21.0 Å². The summed E-state index contributed by atoms with van der Waals surface area (Å²) in [5.74, 6) is 0.330. The Kier molecular flexibility index (Phi) is 8.33. The molecule has 4 rings (SSSR count). The van der Waals surface area contributed by atoms with Crippen LogP contribution in [0.5, 0.6) is 11.5 Å². The van der Waals surface area contributed by atoms with Gasteiger partial charge in [-0.15, -0.1) is 0 Å². The van der Waals surface area contributed by atoms with E-state index < -0.39 is 28.5 Å². The van der Waals surface area contributed by atoms with Crippen LogP contribution in [-0.2, 0) is 14.8 Å². The number of hydrogen-bond acceptors (Lipinski definition) is 5. The molecule has 1 amide bonds. The second-order valence-corrected chi connectivity index (χ2v) is 10.6. The van der Waals surface area contributed by atoms with E-state index in [0.29, 0.717) is 11.5 Å². The van der Waals surface area contributed by atoms with Gasteiger partial charge in [-0.1, -0.05) is 78.4 Å². The van der Waals surface area contributed by atoms with Gasteiger partial charge in [0.05, 0.1) is 30.8 Å². The van der Waals surface area contributed by atoms with E-state index in [1.807, 2.05) is 61.5 Å². The molecule has 1 atom stereocenters. The van der Waals surface area contributed by atoms with Crippen molar-refractivity contribution in [2.45, 2.75) is 17.9 Å². The molecule has 0 spiro atoms. The number of hydrogen-bond donors (Lipinski definition) is 1. The van der Waals surface area contributed by atoms with Crippen LogP contribution >= 0.6 is 0 Å². The van der Waals surface area contributed by atoms with Gasteiger partial charge in [-0.3, -0.25) is 9.10 Å². The summed E-state index contributed by atoms with van der Waals surface area (Å²) in [6, 6.07) is 29.7. The second-order valence-electron chi connectivity index (χ2n) is 8.69. The Bertz CT molecular complexity index is 1490. The van der Waals surface area contributed by atoms with Crippen molar-refractivity contribution >= 4 is 21.6 Å². The second kappa shape index (κ2) is 11.8. The third-order valence-electron chi connectivity index (χ3n) is 6.09. The molecule has 196 valence electrons. The Balaban J connectivity index is 1.72. The lowest BCUT2D eigenvalue weighted by molar-refractivity contribution is -0.120. The molecule has 8 heteroatoms. The highest BCUT2D eigenvalue weighted by atomic mass is 32.2. The average molecular weight is 531 g/mol. The Hall–Kier alpha value is -4.30. The summed E-state index contributed by atoms with van der Waals surface area (Å²) >= 11 is 0. The van der Waals surface area contributed by atoms with E-state index in [1.54, 1.807) is 36.4 Å². The predicted molar refractivity (Wildman–Crippen MR) is 148 cm³/mol. The first kappa shape index (κ1) is 26.8. The summed E-state index contributed by atoms with van der Waals surface area (Å²) in [6.07, 6.45) is 0. The number of ether oxygens (including phenoxy) is 2. The quantitative estimate of drug-likeness (QED) is 0.308. The highest BCUT2D eigenvalue weighted by Gasteiger charge is 2.29. The van der Waals surface area contributed by atoms with Crippen LogP contribution in [0, 0.1) is 6.92 Å². The van der Waals surface area contributed by atoms with E-state index in [9.17, 15) is 13.2 Å². The maximum Gasteiger partial charge on any atom is 0.264 e. The fourth-order valence-corrected chi connectivity index (χ4v) is 5.64. The molecule has 0 bridgehead atoms. The Morgan fingerprint density at radius 1 is 0.789 bits per heavy atom. The third-order valence-corrected chi connectivity index (χ3v) is 7.88. The van der Waals surface area contributed by atoms with Crippen molar-refractivity contribution in [3.63, 3.8) is 0 Å². The van der Waals surface area contributed by atoms with Crippen LogP contribution in [0.4, 0.5) is 5.69 Å². The van der Waals surface area contributed by atoms with Crippen molar-refractivity contribution in [2.75, 3.05) is 25.1 Å². The number of nitrogens with zero attached hydrogens (tertiary/aromatic N) is 1. The molecule has 0 saturated heterocycles. The molecular weight excluding hydrogens is 500 g/mol. The van der Waals surface area contributed by atoms with Crippen LogP contribution in [0.15, 0.2) is 108 Å². The molecule has 0 radical (unpaired) electrons. The van der Waals surface area contributed by atoms with Crippen molar-refractivity contribution in [2.24, 2.45) is 0 Å². The van der Waals surface area contributed by atoms with Gasteiger partial charge in [-0.05, 0) is 42.3 Å². The fraction of sp³-hybridized carbons (Fsp3) is 0.167. The molecule has 0 aromatic heterocycles. The number of methoxy groups -OCH3 is 2.